The van der Waals surface area contributed by atoms with Crippen molar-refractivity contribution < 1.29 is 14.4 Å². The van der Waals surface area contributed by atoms with Crippen LogP contribution in [0.4, 0.5) is 0 Å². The van der Waals surface area contributed by atoms with Gasteiger partial charge in [-0.15, -0.1) is 0 Å². The molecule has 0 atom stereocenters. The minimum atomic E-state index is -0.218. The molecule has 2 heterocycles. The van der Waals surface area contributed by atoms with Gasteiger partial charge in [0.2, 0.25) is 5.91 Å². The molecule has 30 heavy (non-hydrogen) atoms. The quantitative estimate of drug-likeness (QED) is 0.743. The minimum absolute atomic E-state index is 0.0265. The van der Waals surface area contributed by atoms with Crippen molar-refractivity contribution in [3.05, 3.63) is 58.9 Å². The summed E-state index contributed by atoms with van der Waals surface area (Å²) in [4.78, 5) is 41.4. The molecule has 1 N–H and O–H groups in total. The summed E-state index contributed by atoms with van der Waals surface area (Å²) in [5.41, 5.74) is 5.58. The Morgan fingerprint density at radius 3 is 2.43 bits per heavy atom. The van der Waals surface area contributed by atoms with Crippen LogP contribution in [0.15, 0.2) is 36.4 Å². The van der Waals surface area contributed by atoms with Gasteiger partial charge in [-0.3, -0.25) is 29.4 Å². The van der Waals surface area contributed by atoms with Crippen molar-refractivity contribution in [2.24, 2.45) is 0 Å². The van der Waals surface area contributed by atoms with Gasteiger partial charge in [-0.25, -0.2) is 0 Å². The van der Waals surface area contributed by atoms with E-state index in [0.29, 0.717) is 37.2 Å². The topological polar surface area (TPSA) is 74.7 Å². The van der Waals surface area contributed by atoms with Gasteiger partial charge < -0.3 is 4.90 Å². The van der Waals surface area contributed by atoms with Gasteiger partial charge in [0, 0.05) is 55.1 Å². The van der Waals surface area contributed by atoms with E-state index in [-0.39, 0.29) is 17.6 Å². The maximum absolute atomic E-state index is 13.0. The third-order valence-corrected chi connectivity index (χ3v) is 5.59. The fraction of sp³-hybridized carbons (Fsp3) is 0.435. The molecule has 0 saturated carbocycles. The average Bonchev–Trinajstić information content (AvgIpc) is 2.91. The van der Waals surface area contributed by atoms with Crippen LogP contribution in [0, 0.1) is 13.8 Å². The largest absolute Gasteiger partial charge is 0.341 e. The van der Waals surface area contributed by atoms with E-state index in [0.717, 1.165) is 30.9 Å². The molecule has 7 heteroatoms. The highest BCUT2D eigenvalue weighted by Crippen LogP contribution is 2.16. The Labute approximate surface area is 177 Å². The first-order valence-corrected chi connectivity index (χ1v) is 10.5. The molecule has 1 aliphatic heterocycles. The zero-order valence-electron chi connectivity index (χ0n) is 18.0. The van der Waals surface area contributed by atoms with Crippen molar-refractivity contribution in [1.29, 1.82) is 0 Å². The Bertz CT molecular complexity index is 920. The van der Waals surface area contributed by atoms with E-state index in [4.69, 9.17) is 0 Å². The van der Waals surface area contributed by atoms with Crippen molar-refractivity contribution in [2.45, 2.75) is 33.6 Å². The first-order chi connectivity index (χ1) is 14.4. The molecule has 1 fully saturated rings. The number of hydrogen-bond acceptors (Lipinski definition) is 4. The molecule has 2 aromatic rings. The molecule has 0 unspecified atom stereocenters. The summed E-state index contributed by atoms with van der Waals surface area (Å²) in [6.45, 7) is 8.80. The molecule has 0 aliphatic carbocycles. The van der Waals surface area contributed by atoms with Gasteiger partial charge in [0.1, 0.15) is 0 Å². The number of hydrogen-bond donors (Lipinski definition) is 1. The first-order valence-electron chi connectivity index (χ1n) is 10.5. The van der Waals surface area contributed by atoms with Crippen LogP contribution in [-0.4, -0.2) is 64.8 Å². The van der Waals surface area contributed by atoms with E-state index in [1.54, 1.807) is 16.8 Å². The monoisotopic (exact) mass is 410 g/mol. The lowest BCUT2D eigenvalue weighted by Gasteiger charge is -2.21. The van der Waals surface area contributed by atoms with Crippen LogP contribution in [0.5, 0.6) is 0 Å². The number of benzene rings is 1. The number of aromatic nitrogens is 1. The predicted molar refractivity (Wildman–Crippen MR) is 116 cm³/mol. The van der Waals surface area contributed by atoms with Gasteiger partial charge in [-0.1, -0.05) is 25.1 Å². The predicted octanol–water partition coefficient (Wildman–Crippen LogP) is 2.62. The molecular formula is C23H30N4O3. The molecule has 1 aromatic carbocycles. The number of amides is 2. The maximum Gasteiger partial charge on any atom is 0.270 e. The van der Waals surface area contributed by atoms with Crippen molar-refractivity contribution in [2.75, 3.05) is 38.1 Å². The van der Waals surface area contributed by atoms with Crippen LogP contribution in [-0.2, 0) is 4.79 Å². The fourth-order valence-corrected chi connectivity index (χ4v) is 3.86. The van der Waals surface area contributed by atoms with Crippen molar-refractivity contribution in [3.8, 4) is 0 Å². The van der Waals surface area contributed by atoms with Crippen LogP contribution in [0.2, 0.25) is 0 Å². The summed E-state index contributed by atoms with van der Waals surface area (Å²) in [5, 5.41) is 0. The normalized spacial score (nSPS) is 15.0. The molecular weight excluding hydrogens is 380 g/mol. The molecule has 1 aliphatic rings. The highest BCUT2D eigenvalue weighted by atomic mass is 16.2. The van der Waals surface area contributed by atoms with Crippen molar-refractivity contribution in [3.63, 3.8) is 0 Å². The zero-order chi connectivity index (χ0) is 21.7. The maximum atomic E-state index is 13.0. The smallest absolute Gasteiger partial charge is 0.270 e. The second-order valence-electron chi connectivity index (χ2n) is 7.71. The second-order valence-corrected chi connectivity index (χ2v) is 7.71. The summed E-state index contributed by atoms with van der Waals surface area (Å²) in [7, 11) is 0. The molecule has 160 valence electrons. The molecule has 1 aromatic heterocycles. The molecule has 0 radical (unpaired) electrons. The van der Waals surface area contributed by atoms with E-state index in [1.165, 1.54) is 0 Å². The standard InChI is InChI=1S/C23H30N4O3/c1-4-22(29)26-12-8-11-25(13-14-26)16-21(28)20-15-17(2)27(18(20)3)24-23(30)19-9-6-5-7-10-19/h5-7,9-10,15H,4,8,11-14,16H2,1-3H3,(H,24,30). The number of carbonyl (C=O) groups is 3. The highest BCUT2D eigenvalue weighted by molar-refractivity contribution is 6.01. The lowest BCUT2D eigenvalue weighted by molar-refractivity contribution is -0.130. The lowest BCUT2D eigenvalue weighted by atomic mass is 10.1. The van der Waals surface area contributed by atoms with Gasteiger partial charge in [-0.05, 0) is 38.5 Å². The van der Waals surface area contributed by atoms with E-state index >= 15 is 0 Å². The van der Waals surface area contributed by atoms with Crippen LogP contribution in [0.1, 0.15) is 51.9 Å². The van der Waals surface area contributed by atoms with Crippen LogP contribution in [0.3, 0.4) is 0 Å². The van der Waals surface area contributed by atoms with Gasteiger partial charge >= 0.3 is 0 Å². The first kappa shape index (κ1) is 21.8. The molecule has 3 rings (SSSR count). The van der Waals surface area contributed by atoms with Crippen molar-refractivity contribution >= 4 is 17.6 Å². The molecule has 7 nitrogen and oxygen atoms in total. The Balaban J connectivity index is 1.66. The van der Waals surface area contributed by atoms with Gasteiger partial charge in [0.15, 0.2) is 5.78 Å². The van der Waals surface area contributed by atoms with Crippen LogP contribution >= 0.6 is 0 Å². The molecule has 1 saturated heterocycles. The zero-order valence-corrected chi connectivity index (χ0v) is 18.0. The number of Topliss-reactive ketones (excluding diaryl/α,β-unsaturated/α-hetero) is 1. The van der Waals surface area contributed by atoms with Gasteiger partial charge in [0.05, 0.1) is 6.54 Å². The average molecular weight is 411 g/mol. The molecule has 2 amide bonds. The van der Waals surface area contributed by atoms with E-state index in [9.17, 15) is 14.4 Å². The number of aryl methyl sites for hydroxylation is 1. The number of ketones is 1. The van der Waals surface area contributed by atoms with Crippen LogP contribution < -0.4 is 5.43 Å². The van der Waals surface area contributed by atoms with E-state index in [2.05, 4.69) is 10.3 Å². The van der Waals surface area contributed by atoms with E-state index < -0.39 is 0 Å². The number of carbonyl (C=O) groups excluding carboxylic acids is 3. The number of rotatable bonds is 6. The Kier molecular flexibility index (Phi) is 7.05. The third-order valence-electron chi connectivity index (χ3n) is 5.59. The number of nitrogens with zero attached hydrogens (tertiary/aromatic N) is 3. The summed E-state index contributed by atoms with van der Waals surface area (Å²) in [6.07, 6.45) is 1.38. The van der Waals surface area contributed by atoms with Gasteiger partial charge in [0.25, 0.3) is 5.91 Å². The van der Waals surface area contributed by atoms with Crippen molar-refractivity contribution in [1.82, 2.24) is 14.5 Å². The van der Waals surface area contributed by atoms with Gasteiger partial charge in [-0.2, -0.15) is 0 Å². The third kappa shape index (κ3) is 4.97. The number of nitrogens with one attached hydrogen (secondary N) is 1. The molecule has 0 bridgehead atoms. The Hall–Kier alpha value is -2.93. The Morgan fingerprint density at radius 2 is 1.73 bits per heavy atom. The Morgan fingerprint density at radius 1 is 1.00 bits per heavy atom. The fourth-order valence-electron chi connectivity index (χ4n) is 3.86. The minimum Gasteiger partial charge on any atom is -0.341 e. The summed E-state index contributed by atoms with van der Waals surface area (Å²) in [6, 6.07) is 10.8. The second kappa shape index (κ2) is 9.71. The summed E-state index contributed by atoms with van der Waals surface area (Å²) < 4.78 is 1.67. The highest BCUT2D eigenvalue weighted by Gasteiger charge is 2.22. The lowest BCUT2D eigenvalue weighted by Crippen LogP contribution is -2.36. The molecule has 0 spiro atoms. The van der Waals surface area contributed by atoms with E-state index in [1.807, 2.05) is 49.9 Å². The SMILES string of the molecule is CCC(=O)N1CCCN(CC(=O)c2cc(C)n(NC(=O)c3ccccc3)c2C)CC1. The summed E-state index contributed by atoms with van der Waals surface area (Å²) in [5.74, 6) is -0.0240. The summed E-state index contributed by atoms with van der Waals surface area (Å²) >= 11 is 0. The van der Waals surface area contributed by atoms with Crippen LogP contribution in [0.25, 0.3) is 0 Å².